The van der Waals surface area contributed by atoms with Gasteiger partial charge in [0.15, 0.2) is 0 Å². The Morgan fingerprint density at radius 2 is 2.08 bits per heavy atom. The first-order valence-corrected chi connectivity index (χ1v) is 5.48. The second kappa shape index (κ2) is 5.58. The third-order valence-electron chi connectivity index (χ3n) is 3.02. The molecule has 1 heterocycles. The molecule has 0 bridgehead atoms. The highest BCUT2D eigenvalue weighted by atomic mass is 15.2. The van der Waals surface area contributed by atoms with Gasteiger partial charge in [-0.1, -0.05) is 13.8 Å². The van der Waals surface area contributed by atoms with Gasteiger partial charge in [0.2, 0.25) is 0 Å². The van der Waals surface area contributed by atoms with Gasteiger partial charge < -0.3 is 10.6 Å². The molecule has 1 saturated heterocycles. The number of hydrogen-bond donors (Lipinski definition) is 1. The highest BCUT2D eigenvalue weighted by molar-refractivity contribution is 4.82. The van der Waals surface area contributed by atoms with Gasteiger partial charge in [0.05, 0.1) is 0 Å². The zero-order valence-electron chi connectivity index (χ0n) is 9.00. The van der Waals surface area contributed by atoms with Gasteiger partial charge in [0, 0.05) is 25.7 Å². The normalized spacial score (nSPS) is 24.5. The van der Waals surface area contributed by atoms with Crippen molar-refractivity contribution < 1.29 is 0 Å². The summed E-state index contributed by atoms with van der Waals surface area (Å²) in [6.07, 6.45) is 1.32. The van der Waals surface area contributed by atoms with E-state index >= 15 is 0 Å². The summed E-state index contributed by atoms with van der Waals surface area (Å²) in [5, 5.41) is 0. The summed E-state index contributed by atoms with van der Waals surface area (Å²) in [7, 11) is 0. The molecule has 3 heteroatoms. The minimum absolute atomic E-state index is 0.779. The Balaban J connectivity index is 2.30. The van der Waals surface area contributed by atoms with E-state index in [9.17, 15) is 0 Å². The number of hydrogen-bond acceptors (Lipinski definition) is 3. The topological polar surface area (TPSA) is 32.5 Å². The predicted octanol–water partition coefficient (Wildman–Crippen LogP) is 0.361. The van der Waals surface area contributed by atoms with Crippen LogP contribution in [-0.2, 0) is 0 Å². The molecule has 1 aliphatic rings. The van der Waals surface area contributed by atoms with Gasteiger partial charge >= 0.3 is 0 Å². The van der Waals surface area contributed by atoms with E-state index in [2.05, 4.69) is 23.6 Å². The lowest BCUT2D eigenvalue weighted by Crippen LogP contribution is -2.38. The van der Waals surface area contributed by atoms with Gasteiger partial charge in [-0.15, -0.1) is 0 Å². The Morgan fingerprint density at radius 3 is 2.62 bits per heavy atom. The Morgan fingerprint density at radius 1 is 1.38 bits per heavy atom. The molecule has 2 N–H and O–H groups in total. The first-order valence-electron chi connectivity index (χ1n) is 5.48. The van der Waals surface area contributed by atoms with Crippen molar-refractivity contribution in [2.45, 2.75) is 26.3 Å². The molecule has 0 radical (unpaired) electrons. The number of nitrogens with two attached hydrogens (primary N) is 1. The summed E-state index contributed by atoms with van der Waals surface area (Å²) in [6.45, 7) is 11.2. The minimum Gasteiger partial charge on any atom is -0.329 e. The molecule has 0 spiro atoms. The van der Waals surface area contributed by atoms with Crippen molar-refractivity contribution in [1.82, 2.24) is 9.80 Å². The number of nitrogens with zero attached hydrogens (tertiary/aromatic N) is 2. The Labute approximate surface area is 81.9 Å². The van der Waals surface area contributed by atoms with Crippen LogP contribution in [0.5, 0.6) is 0 Å². The van der Waals surface area contributed by atoms with Gasteiger partial charge in [0.1, 0.15) is 0 Å². The molecule has 1 rings (SSSR count). The van der Waals surface area contributed by atoms with Gasteiger partial charge in [-0.25, -0.2) is 0 Å². The largest absolute Gasteiger partial charge is 0.329 e. The van der Waals surface area contributed by atoms with Gasteiger partial charge in [-0.3, -0.25) is 4.90 Å². The third-order valence-corrected chi connectivity index (χ3v) is 3.02. The lowest BCUT2D eigenvalue weighted by molar-refractivity contribution is 0.212. The highest BCUT2D eigenvalue weighted by Crippen LogP contribution is 2.14. The molecule has 0 amide bonds. The summed E-state index contributed by atoms with van der Waals surface area (Å²) in [4.78, 5) is 5.03. The van der Waals surface area contributed by atoms with E-state index in [0.29, 0.717) is 0 Å². The summed E-state index contributed by atoms with van der Waals surface area (Å²) in [6, 6.07) is 0.779. The van der Waals surface area contributed by atoms with Crippen LogP contribution >= 0.6 is 0 Å². The van der Waals surface area contributed by atoms with Crippen LogP contribution in [0.2, 0.25) is 0 Å². The molecule has 78 valence electrons. The molecule has 0 aromatic rings. The van der Waals surface area contributed by atoms with Crippen LogP contribution in [0, 0.1) is 0 Å². The van der Waals surface area contributed by atoms with E-state index in [1.807, 2.05) is 0 Å². The minimum atomic E-state index is 0.779. The molecule has 13 heavy (non-hydrogen) atoms. The maximum absolute atomic E-state index is 5.54. The van der Waals surface area contributed by atoms with Gasteiger partial charge in [0.25, 0.3) is 0 Å². The molecular formula is C10H23N3. The first kappa shape index (κ1) is 11.0. The Hall–Kier alpha value is -0.120. The van der Waals surface area contributed by atoms with Gasteiger partial charge in [-0.2, -0.15) is 0 Å². The molecule has 0 aromatic carbocycles. The molecule has 1 unspecified atom stereocenters. The van der Waals surface area contributed by atoms with Crippen molar-refractivity contribution >= 4 is 0 Å². The fourth-order valence-corrected chi connectivity index (χ4v) is 2.24. The fraction of sp³-hybridized carbons (Fsp3) is 1.00. The quantitative estimate of drug-likeness (QED) is 0.671. The molecule has 0 aliphatic carbocycles. The van der Waals surface area contributed by atoms with Crippen molar-refractivity contribution in [3.8, 4) is 0 Å². The third kappa shape index (κ3) is 2.93. The van der Waals surface area contributed by atoms with E-state index < -0.39 is 0 Å². The smallest absolute Gasteiger partial charge is 0.0235 e. The molecule has 0 saturated carbocycles. The molecule has 0 aromatic heterocycles. The second-order valence-corrected chi connectivity index (χ2v) is 3.75. The van der Waals surface area contributed by atoms with Crippen molar-refractivity contribution in [1.29, 1.82) is 0 Å². The van der Waals surface area contributed by atoms with Crippen LogP contribution < -0.4 is 5.73 Å². The van der Waals surface area contributed by atoms with Crippen LogP contribution in [0.15, 0.2) is 0 Å². The number of likely N-dealkylation sites (N-methyl/N-ethyl adjacent to an activating group) is 1. The van der Waals surface area contributed by atoms with Gasteiger partial charge in [-0.05, 0) is 26.1 Å². The van der Waals surface area contributed by atoms with Crippen LogP contribution in [0.4, 0.5) is 0 Å². The average Bonchev–Trinajstić information content (AvgIpc) is 2.56. The SMILES string of the molecule is CCN(CC)C1CCN(CCN)C1. The standard InChI is InChI=1S/C10H23N3/c1-3-13(4-2)10-5-7-12(9-10)8-6-11/h10H,3-9,11H2,1-2H3. The molecule has 1 aliphatic heterocycles. The van der Waals surface area contributed by atoms with Crippen LogP contribution in [0.1, 0.15) is 20.3 Å². The first-order chi connectivity index (χ1) is 6.31. The highest BCUT2D eigenvalue weighted by Gasteiger charge is 2.24. The number of rotatable bonds is 5. The summed E-state index contributed by atoms with van der Waals surface area (Å²) in [5.41, 5.74) is 5.54. The van der Waals surface area contributed by atoms with E-state index in [1.54, 1.807) is 0 Å². The average molecular weight is 185 g/mol. The number of likely N-dealkylation sites (tertiary alicyclic amines) is 1. The molecule has 1 atom stereocenters. The summed E-state index contributed by atoms with van der Waals surface area (Å²) in [5.74, 6) is 0. The van der Waals surface area contributed by atoms with Crippen LogP contribution in [0.3, 0.4) is 0 Å². The van der Waals surface area contributed by atoms with Crippen molar-refractivity contribution in [3.05, 3.63) is 0 Å². The molecule has 3 nitrogen and oxygen atoms in total. The maximum Gasteiger partial charge on any atom is 0.0235 e. The van der Waals surface area contributed by atoms with E-state index in [-0.39, 0.29) is 0 Å². The molecule has 1 fully saturated rings. The van der Waals surface area contributed by atoms with E-state index in [4.69, 9.17) is 5.73 Å². The zero-order valence-corrected chi connectivity index (χ0v) is 9.00. The Bertz CT molecular complexity index is 134. The summed E-state index contributed by atoms with van der Waals surface area (Å²) >= 11 is 0. The monoisotopic (exact) mass is 185 g/mol. The summed E-state index contributed by atoms with van der Waals surface area (Å²) < 4.78 is 0. The maximum atomic E-state index is 5.54. The van der Waals surface area contributed by atoms with E-state index in [0.717, 1.165) is 19.1 Å². The van der Waals surface area contributed by atoms with E-state index in [1.165, 1.54) is 32.6 Å². The lowest BCUT2D eigenvalue weighted by Gasteiger charge is -2.26. The second-order valence-electron chi connectivity index (χ2n) is 3.75. The van der Waals surface area contributed by atoms with Crippen molar-refractivity contribution in [3.63, 3.8) is 0 Å². The van der Waals surface area contributed by atoms with Crippen LogP contribution in [0.25, 0.3) is 0 Å². The van der Waals surface area contributed by atoms with Crippen LogP contribution in [-0.4, -0.2) is 55.1 Å². The van der Waals surface area contributed by atoms with Crippen molar-refractivity contribution in [2.24, 2.45) is 5.73 Å². The van der Waals surface area contributed by atoms with Crippen molar-refractivity contribution in [2.75, 3.05) is 39.3 Å². The fourth-order valence-electron chi connectivity index (χ4n) is 2.24. The Kier molecular flexibility index (Phi) is 4.70. The molecular weight excluding hydrogens is 162 g/mol. The lowest BCUT2D eigenvalue weighted by atomic mass is 10.2. The predicted molar refractivity (Wildman–Crippen MR) is 56.8 cm³/mol. The zero-order chi connectivity index (χ0) is 9.68.